The van der Waals surface area contributed by atoms with Crippen LogP contribution in [0.1, 0.15) is 24.8 Å². The molecular formula is C20H23F3N2O2S. The summed E-state index contributed by atoms with van der Waals surface area (Å²) in [5.74, 6) is -4.53. The molecule has 0 unspecified atom stereocenters. The largest absolute Gasteiger partial charge is 0.299 e. The predicted octanol–water partition coefficient (Wildman–Crippen LogP) is 3.68. The van der Waals surface area contributed by atoms with E-state index < -0.39 is 32.4 Å². The highest BCUT2D eigenvalue weighted by Crippen LogP contribution is 2.23. The number of halogens is 3. The first kappa shape index (κ1) is 20.8. The maximum atomic E-state index is 13.7. The highest BCUT2D eigenvalue weighted by atomic mass is 32.2. The van der Waals surface area contributed by atoms with E-state index in [-0.39, 0.29) is 6.54 Å². The smallest absolute Gasteiger partial charge is 0.243 e. The summed E-state index contributed by atoms with van der Waals surface area (Å²) >= 11 is 0. The molecular weight excluding hydrogens is 389 g/mol. The molecule has 1 aliphatic heterocycles. The first-order chi connectivity index (χ1) is 13.4. The van der Waals surface area contributed by atoms with E-state index >= 15 is 0 Å². The van der Waals surface area contributed by atoms with Crippen LogP contribution in [0.3, 0.4) is 0 Å². The molecule has 0 amide bonds. The van der Waals surface area contributed by atoms with E-state index in [0.717, 1.165) is 38.5 Å². The molecule has 28 heavy (non-hydrogen) atoms. The van der Waals surface area contributed by atoms with Gasteiger partial charge in [0.15, 0.2) is 17.5 Å². The third kappa shape index (κ3) is 5.12. The normalized spacial score (nSPS) is 16.4. The van der Waals surface area contributed by atoms with Gasteiger partial charge in [-0.2, -0.15) is 0 Å². The van der Waals surface area contributed by atoms with Gasteiger partial charge >= 0.3 is 0 Å². The van der Waals surface area contributed by atoms with Gasteiger partial charge in [0.25, 0.3) is 0 Å². The van der Waals surface area contributed by atoms with Crippen molar-refractivity contribution in [3.63, 3.8) is 0 Å². The minimum Gasteiger partial charge on any atom is -0.299 e. The lowest BCUT2D eigenvalue weighted by Crippen LogP contribution is -2.35. The van der Waals surface area contributed by atoms with E-state index in [2.05, 4.69) is 21.8 Å². The second-order valence-corrected chi connectivity index (χ2v) is 8.80. The molecule has 2 aromatic carbocycles. The lowest BCUT2D eigenvalue weighted by Gasteiger charge is -2.32. The highest BCUT2D eigenvalue weighted by Gasteiger charge is 2.25. The summed E-state index contributed by atoms with van der Waals surface area (Å²) in [6.07, 6.45) is 2.52. The van der Waals surface area contributed by atoms with Crippen LogP contribution in [0.15, 0.2) is 47.4 Å². The molecule has 1 fully saturated rings. The minimum atomic E-state index is -4.22. The van der Waals surface area contributed by atoms with E-state index in [4.69, 9.17) is 0 Å². The van der Waals surface area contributed by atoms with Crippen molar-refractivity contribution in [3.8, 4) is 0 Å². The van der Waals surface area contributed by atoms with Crippen LogP contribution >= 0.6 is 0 Å². The molecule has 1 N–H and O–H groups in total. The third-order valence-electron chi connectivity index (χ3n) is 5.09. The molecule has 0 aliphatic carbocycles. The monoisotopic (exact) mass is 412 g/mol. The van der Waals surface area contributed by atoms with Gasteiger partial charge in [0, 0.05) is 13.1 Å². The van der Waals surface area contributed by atoms with Crippen LogP contribution in [0.4, 0.5) is 13.2 Å². The van der Waals surface area contributed by atoms with E-state index in [1.807, 2.05) is 18.2 Å². The van der Waals surface area contributed by atoms with Crippen molar-refractivity contribution in [3.05, 3.63) is 65.5 Å². The Morgan fingerprint density at radius 3 is 2.32 bits per heavy atom. The van der Waals surface area contributed by atoms with Crippen LogP contribution in [0, 0.1) is 23.4 Å². The molecule has 2 aromatic rings. The van der Waals surface area contributed by atoms with Crippen LogP contribution in [0.5, 0.6) is 0 Å². The van der Waals surface area contributed by atoms with Crippen molar-refractivity contribution in [2.45, 2.75) is 30.7 Å². The number of likely N-dealkylation sites (tertiary alicyclic amines) is 1. The third-order valence-corrected chi connectivity index (χ3v) is 6.57. The second kappa shape index (κ2) is 9.07. The molecule has 152 valence electrons. The Morgan fingerprint density at radius 2 is 1.64 bits per heavy atom. The van der Waals surface area contributed by atoms with Crippen LogP contribution in [0.25, 0.3) is 0 Å². The number of nitrogens with one attached hydrogen (secondary N) is 1. The van der Waals surface area contributed by atoms with Gasteiger partial charge in [0.05, 0.1) is 0 Å². The molecule has 0 radical (unpaired) electrons. The number of piperidine rings is 1. The molecule has 8 heteroatoms. The Bertz CT molecular complexity index is 899. The van der Waals surface area contributed by atoms with Gasteiger partial charge in [0.2, 0.25) is 10.0 Å². The second-order valence-electron chi connectivity index (χ2n) is 7.07. The van der Waals surface area contributed by atoms with Crippen molar-refractivity contribution >= 4 is 10.0 Å². The van der Waals surface area contributed by atoms with Crippen molar-refractivity contribution in [2.75, 3.05) is 19.6 Å². The number of hydrogen-bond acceptors (Lipinski definition) is 3. The fourth-order valence-electron chi connectivity index (χ4n) is 3.47. The van der Waals surface area contributed by atoms with E-state index in [9.17, 15) is 21.6 Å². The Kier molecular flexibility index (Phi) is 6.74. The quantitative estimate of drug-likeness (QED) is 0.706. The Labute approximate surface area is 163 Å². The zero-order chi connectivity index (χ0) is 20.1. The molecule has 3 rings (SSSR count). The zero-order valence-electron chi connectivity index (χ0n) is 15.4. The van der Waals surface area contributed by atoms with Crippen LogP contribution in [0.2, 0.25) is 0 Å². The summed E-state index contributed by atoms with van der Waals surface area (Å²) in [6.45, 7) is 2.90. The predicted molar refractivity (Wildman–Crippen MR) is 101 cm³/mol. The molecule has 0 aromatic heterocycles. The number of nitrogens with zero attached hydrogens (tertiary/aromatic N) is 1. The van der Waals surface area contributed by atoms with Gasteiger partial charge in [-0.1, -0.05) is 30.3 Å². The van der Waals surface area contributed by atoms with Gasteiger partial charge in [-0.3, -0.25) is 4.90 Å². The first-order valence-corrected chi connectivity index (χ1v) is 10.7. The van der Waals surface area contributed by atoms with Gasteiger partial charge < -0.3 is 0 Å². The van der Waals surface area contributed by atoms with Crippen LogP contribution in [-0.4, -0.2) is 33.0 Å². The Balaban J connectivity index is 1.46. The molecule has 1 aliphatic rings. The molecule has 1 heterocycles. The maximum absolute atomic E-state index is 13.7. The number of hydrogen-bond donors (Lipinski definition) is 1. The average Bonchev–Trinajstić information content (AvgIpc) is 2.68. The number of rotatable bonds is 7. The van der Waals surface area contributed by atoms with Gasteiger partial charge in [-0.25, -0.2) is 26.3 Å². The topological polar surface area (TPSA) is 49.4 Å². The fourth-order valence-corrected chi connectivity index (χ4v) is 4.58. The lowest BCUT2D eigenvalue weighted by molar-refractivity contribution is 0.173. The summed E-state index contributed by atoms with van der Waals surface area (Å²) in [6, 6.07) is 11.6. The molecule has 4 nitrogen and oxygen atoms in total. The van der Waals surface area contributed by atoms with Crippen molar-refractivity contribution < 1.29 is 21.6 Å². The Morgan fingerprint density at radius 1 is 0.964 bits per heavy atom. The highest BCUT2D eigenvalue weighted by molar-refractivity contribution is 7.89. The van der Waals surface area contributed by atoms with Crippen molar-refractivity contribution in [1.29, 1.82) is 0 Å². The standard InChI is InChI=1S/C20H23F3N2O2S/c21-17-6-7-18(20(23)19(17)22)28(26,27)24-11-8-15-9-12-25(13-10-15)14-16-4-2-1-3-5-16/h1-7,15,24H,8-14H2. The summed E-state index contributed by atoms with van der Waals surface area (Å²) in [4.78, 5) is 1.50. The maximum Gasteiger partial charge on any atom is 0.243 e. The Hall–Kier alpha value is -1.90. The summed E-state index contributed by atoms with van der Waals surface area (Å²) in [5, 5.41) is 0. The average molecular weight is 412 g/mol. The van der Waals surface area contributed by atoms with E-state index in [1.54, 1.807) is 0 Å². The molecule has 0 bridgehead atoms. The van der Waals surface area contributed by atoms with Crippen molar-refractivity contribution in [2.24, 2.45) is 5.92 Å². The summed E-state index contributed by atoms with van der Waals surface area (Å²) < 4.78 is 66.6. The number of benzene rings is 2. The van der Waals surface area contributed by atoms with E-state index in [0.29, 0.717) is 18.4 Å². The molecule has 1 saturated heterocycles. The van der Waals surface area contributed by atoms with Gasteiger partial charge in [-0.15, -0.1) is 0 Å². The van der Waals surface area contributed by atoms with Gasteiger partial charge in [-0.05, 0) is 56.0 Å². The zero-order valence-corrected chi connectivity index (χ0v) is 16.2. The van der Waals surface area contributed by atoms with Gasteiger partial charge in [0.1, 0.15) is 4.90 Å². The summed E-state index contributed by atoms with van der Waals surface area (Å²) in [7, 11) is -4.22. The molecule has 0 saturated carbocycles. The van der Waals surface area contributed by atoms with Crippen molar-refractivity contribution in [1.82, 2.24) is 9.62 Å². The molecule has 0 spiro atoms. The van der Waals surface area contributed by atoms with E-state index in [1.165, 1.54) is 5.56 Å². The number of sulfonamides is 1. The minimum absolute atomic E-state index is 0.129. The van der Waals surface area contributed by atoms with Crippen LogP contribution < -0.4 is 4.72 Å². The first-order valence-electron chi connectivity index (χ1n) is 9.26. The summed E-state index contributed by atoms with van der Waals surface area (Å²) in [5.41, 5.74) is 1.27. The van der Waals surface area contributed by atoms with Crippen LogP contribution in [-0.2, 0) is 16.6 Å². The lowest BCUT2D eigenvalue weighted by atomic mass is 9.93. The SMILES string of the molecule is O=S(=O)(NCCC1CCN(Cc2ccccc2)CC1)c1ccc(F)c(F)c1F. The molecule has 0 atom stereocenters. The fraction of sp³-hybridized carbons (Fsp3) is 0.400.